The number of aromatic nitrogens is 7. The zero-order chi connectivity index (χ0) is 26.9. The Bertz CT molecular complexity index is 1430. The second-order valence-electron chi connectivity index (χ2n) is 10.9. The number of carbonyl (C=O) groups is 1. The van der Waals surface area contributed by atoms with Crippen LogP contribution in [0.5, 0.6) is 0 Å². The van der Waals surface area contributed by atoms with Gasteiger partial charge < -0.3 is 5.32 Å². The topological polar surface area (TPSA) is 107 Å². The van der Waals surface area contributed by atoms with Gasteiger partial charge in [0.25, 0.3) is 0 Å². The fourth-order valence-electron chi connectivity index (χ4n) is 4.84. The van der Waals surface area contributed by atoms with E-state index in [1.165, 1.54) is 11.1 Å². The van der Waals surface area contributed by atoms with Crippen molar-refractivity contribution in [2.45, 2.75) is 58.5 Å². The summed E-state index contributed by atoms with van der Waals surface area (Å²) in [5.74, 6) is 0.677. The normalized spacial score (nSPS) is 16.2. The highest BCUT2D eigenvalue weighted by atomic mass is 16.1. The van der Waals surface area contributed by atoms with E-state index in [4.69, 9.17) is 4.98 Å². The fourth-order valence-corrected chi connectivity index (χ4v) is 4.84. The summed E-state index contributed by atoms with van der Waals surface area (Å²) in [4.78, 5) is 24.8. The molecule has 0 aliphatic carbocycles. The number of nitrogens with one attached hydrogen (secondary N) is 1. The van der Waals surface area contributed by atoms with Crippen molar-refractivity contribution in [1.29, 1.82) is 0 Å². The minimum Gasteiger partial charge on any atom is -0.321 e. The summed E-state index contributed by atoms with van der Waals surface area (Å²) in [6.45, 7) is 11.1. The highest BCUT2D eigenvalue weighted by Crippen LogP contribution is 2.34. The number of hydrogen-bond donors (Lipinski definition) is 1. The lowest BCUT2D eigenvalue weighted by Gasteiger charge is -2.18. The molecular weight excluding hydrogens is 478 g/mol. The van der Waals surface area contributed by atoms with Crippen LogP contribution in [-0.2, 0) is 19.1 Å². The van der Waals surface area contributed by atoms with E-state index in [1.54, 1.807) is 28.0 Å². The zero-order valence-corrected chi connectivity index (χ0v) is 22.7. The molecule has 1 aromatic carbocycles. The number of ketones is 1. The minimum atomic E-state index is -0.215. The molecule has 10 heteroatoms. The molecule has 0 bridgehead atoms. The van der Waals surface area contributed by atoms with Gasteiger partial charge in [-0.2, -0.15) is 5.10 Å². The SMILES string of the molecule is CCN1CCC(CC(=O)c2cn(C(C)(C)C)nn2)c2ccc(-c3ccnc(Nc4cnn(C)c4)n3)cc2C1. The number of carbonyl (C=O) groups excluding carboxylic acids is 1. The van der Waals surface area contributed by atoms with Crippen LogP contribution in [-0.4, -0.2) is 58.5 Å². The van der Waals surface area contributed by atoms with E-state index in [2.05, 4.69) is 55.7 Å². The third-order valence-electron chi connectivity index (χ3n) is 7.03. The number of fused-ring (bicyclic) bond motifs is 1. The molecule has 0 saturated carbocycles. The van der Waals surface area contributed by atoms with Crippen molar-refractivity contribution in [1.82, 2.24) is 39.6 Å². The average Bonchev–Trinajstić information content (AvgIpc) is 3.51. The first-order chi connectivity index (χ1) is 18.2. The monoisotopic (exact) mass is 513 g/mol. The number of anilines is 2. The van der Waals surface area contributed by atoms with E-state index < -0.39 is 0 Å². The van der Waals surface area contributed by atoms with Crippen LogP contribution in [0.3, 0.4) is 0 Å². The Morgan fingerprint density at radius 1 is 1.18 bits per heavy atom. The summed E-state index contributed by atoms with van der Waals surface area (Å²) in [6, 6.07) is 8.41. The number of hydrogen-bond acceptors (Lipinski definition) is 8. The number of nitrogens with zero attached hydrogens (tertiary/aromatic N) is 8. The third kappa shape index (κ3) is 5.65. The molecule has 0 radical (unpaired) electrons. The Kier molecular flexibility index (Phi) is 7.07. The smallest absolute Gasteiger partial charge is 0.227 e. The van der Waals surface area contributed by atoms with Gasteiger partial charge in [-0.25, -0.2) is 14.6 Å². The molecule has 10 nitrogen and oxygen atoms in total. The molecule has 0 saturated heterocycles. The number of Topliss-reactive ketones (excluding diaryl/α,β-unsaturated/α-hetero) is 1. The van der Waals surface area contributed by atoms with Crippen molar-refractivity contribution in [3.8, 4) is 11.3 Å². The Morgan fingerprint density at radius 2 is 2.03 bits per heavy atom. The van der Waals surface area contributed by atoms with Gasteiger partial charge in [-0.3, -0.25) is 14.4 Å². The van der Waals surface area contributed by atoms with Crippen LogP contribution < -0.4 is 5.32 Å². The average molecular weight is 514 g/mol. The molecule has 0 fully saturated rings. The maximum Gasteiger partial charge on any atom is 0.227 e. The van der Waals surface area contributed by atoms with Gasteiger partial charge in [-0.1, -0.05) is 24.3 Å². The van der Waals surface area contributed by atoms with Gasteiger partial charge in [0.15, 0.2) is 5.78 Å². The second kappa shape index (κ2) is 10.4. The lowest BCUT2D eigenvalue weighted by Crippen LogP contribution is -2.23. The molecule has 1 atom stereocenters. The maximum atomic E-state index is 13.2. The highest BCUT2D eigenvalue weighted by Gasteiger charge is 2.27. The molecule has 1 unspecified atom stereocenters. The van der Waals surface area contributed by atoms with Crippen LogP contribution in [0.2, 0.25) is 0 Å². The molecule has 198 valence electrons. The number of rotatable bonds is 7. The first-order valence-corrected chi connectivity index (χ1v) is 13.1. The summed E-state index contributed by atoms with van der Waals surface area (Å²) < 4.78 is 3.48. The third-order valence-corrected chi connectivity index (χ3v) is 7.03. The second-order valence-corrected chi connectivity index (χ2v) is 10.9. The molecule has 4 heterocycles. The Hall–Kier alpha value is -3.92. The molecule has 3 aromatic heterocycles. The highest BCUT2D eigenvalue weighted by molar-refractivity contribution is 5.94. The van der Waals surface area contributed by atoms with Crippen LogP contribution in [0.15, 0.2) is 49.1 Å². The van der Waals surface area contributed by atoms with Gasteiger partial charge in [-0.15, -0.1) is 5.10 Å². The Labute approximate surface area is 223 Å². The van der Waals surface area contributed by atoms with E-state index in [0.29, 0.717) is 18.1 Å². The van der Waals surface area contributed by atoms with Gasteiger partial charge in [0.1, 0.15) is 5.69 Å². The summed E-state index contributed by atoms with van der Waals surface area (Å²) >= 11 is 0. The Balaban J connectivity index is 1.40. The molecule has 1 aliphatic rings. The van der Waals surface area contributed by atoms with Gasteiger partial charge in [-0.05, 0) is 69.5 Å². The van der Waals surface area contributed by atoms with Gasteiger partial charge in [0, 0.05) is 38.0 Å². The molecular formula is C28H35N9O. The van der Waals surface area contributed by atoms with E-state index in [9.17, 15) is 4.79 Å². The van der Waals surface area contributed by atoms with Gasteiger partial charge in [0.2, 0.25) is 5.95 Å². The summed E-state index contributed by atoms with van der Waals surface area (Å²) in [7, 11) is 1.87. The summed E-state index contributed by atoms with van der Waals surface area (Å²) in [5, 5.41) is 15.8. The van der Waals surface area contributed by atoms with E-state index >= 15 is 0 Å². The van der Waals surface area contributed by atoms with Crippen LogP contribution in [0.4, 0.5) is 11.6 Å². The van der Waals surface area contributed by atoms with Gasteiger partial charge >= 0.3 is 0 Å². The predicted molar refractivity (Wildman–Crippen MR) is 146 cm³/mol. The number of benzene rings is 1. The van der Waals surface area contributed by atoms with Crippen LogP contribution in [0.25, 0.3) is 11.3 Å². The minimum absolute atomic E-state index is 0.0346. The van der Waals surface area contributed by atoms with E-state index in [-0.39, 0.29) is 17.2 Å². The summed E-state index contributed by atoms with van der Waals surface area (Å²) in [5.41, 5.74) is 5.38. The lowest BCUT2D eigenvalue weighted by atomic mass is 9.87. The molecule has 1 N–H and O–H groups in total. The predicted octanol–water partition coefficient (Wildman–Crippen LogP) is 4.55. The van der Waals surface area contributed by atoms with Crippen LogP contribution in [0, 0.1) is 0 Å². The Morgan fingerprint density at radius 3 is 2.74 bits per heavy atom. The molecule has 1 aliphatic heterocycles. The van der Waals surface area contributed by atoms with Gasteiger partial charge in [0.05, 0.1) is 29.3 Å². The van der Waals surface area contributed by atoms with Crippen LogP contribution >= 0.6 is 0 Å². The van der Waals surface area contributed by atoms with Crippen molar-refractivity contribution in [2.24, 2.45) is 7.05 Å². The van der Waals surface area contributed by atoms with Crippen molar-refractivity contribution >= 4 is 17.4 Å². The molecule has 38 heavy (non-hydrogen) atoms. The summed E-state index contributed by atoms with van der Waals surface area (Å²) in [6.07, 6.45) is 8.49. The first-order valence-electron chi connectivity index (χ1n) is 13.1. The number of aryl methyl sites for hydroxylation is 1. The first kappa shape index (κ1) is 25.7. The van der Waals surface area contributed by atoms with Crippen molar-refractivity contribution in [2.75, 3.05) is 18.4 Å². The van der Waals surface area contributed by atoms with E-state index in [1.807, 2.05) is 40.1 Å². The van der Waals surface area contributed by atoms with E-state index in [0.717, 1.165) is 43.0 Å². The van der Waals surface area contributed by atoms with Crippen molar-refractivity contribution in [3.63, 3.8) is 0 Å². The fraction of sp³-hybridized carbons (Fsp3) is 0.429. The zero-order valence-electron chi connectivity index (χ0n) is 22.7. The standard InChI is InChI=1S/C28H35N9O/c1-6-36-12-10-19(14-26(38)25-18-37(34-33-25)28(2,3)4)23-8-7-20(13-21(23)16-36)24-9-11-29-27(32-24)31-22-15-30-35(5)17-22/h7-9,11,13,15,17-19H,6,10,12,14,16H2,1-5H3,(H,29,31,32). The largest absolute Gasteiger partial charge is 0.321 e. The molecule has 5 rings (SSSR count). The molecule has 4 aromatic rings. The van der Waals surface area contributed by atoms with Crippen molar-refractivity contribution < 1.29 is 4.79 Å². The van der Waals surface area contributed by atoms with Crippen LogP contribution in [0.1, 0.15) is 68.1 Å². The molecule has 0 spiro atoms. The quantitative estimate of drug-likeness (QED) is 0.359. The lowest BCUT2D eigenvalue weighted by molar-refractivity contribution is 0.0966. The maximum absolute atomic E-state index is 13.2. The van der Waals surface area contributed by atoms with Crippen molar-refractivity contribution in [3.05, 3.63) is 65.9 Å². The molecule has 0 amide bonds.